The molecule has 1 nitrogen and oxygen atoms in total. The van der Waals surface area contributed by atoms with Crippen LogP contribution in [0.3, 0.4) is 0 Å². The number of thioether (sulfide) groups is 1. The molecular weight excluding hydrogens is 202 g/mol. The van der Waals surface area contributed by atoms with Gasteiger partial charge in [0, 0.05) is 17.3 Å². The van der Waals surface area contributed by atoms with Crippen molar-refractivity contribution in [3.05, 3.63) is 58.1 Å². The molecule has 0 amide bonds. The minimum atomic E-state index is 1.07. The monoisotopic (exact) mass is 215 g/mol. The van der Waals surface area contributed by atoms with Crippen LogP contribution in [0, 0.1) is 0 Å². The van der Waals surface area contributed by atoms with Gasteiger partial charge in [0.15, 0.2) is 0 Å². The minimum Gasteiger partial charge on any atom is -0.264 e. The lowest BCUT2D eigenvalue weighted by molar-refractivity contribution is 1.20. The fourth-order valence-electron chi connectivity index (χ4n) is 1.38. The molecule has 0 unspecified atom stereocenters. The molecular formula is C13H13NS. The first-order valence-electron chi connectivity index (χ1n) is 4.96. The van der Waals surface area contributed by atoms with Crippen LogP contribution in [0.4, 0.5) is 0 Å². The molecule has 15 heavy (non-hydrogen) atoms. The lowest BCUT2D eigenvalue weighted by atomic mass is 10.2. The molecule has 1 aromatic rings. The van der Waals surface area contributed by atoms with Crippen molar-refractivity contribution in [1.82, 2.24) is 4.98 Å². The van der Waals surface area contributed by atoms with Gasteiger partial charge in [-0.15, -0.1) is 0 Å². The number of hydrogen-bond acceptors (Lipinski definition) is 2. The van der Waals surface area contributed by atoms with Crippen LogP contribution in [-0.4, -0.2) is 4.98 Å². The molecule has 1 aliphatic rings. The third kappa shape index (κ3) is 2.83. The van der Waals surface area contributed by atoms with Crippen LogP contribution >= 0.6 is 11.8 Å². The second-order valence-electron chi connectivity index (χ2n) is 3.46. The van der Waals surface area contributed by atoms with Gasteiger partial charge in [-0.25, -0.2) is 0 Å². The van der Waals surface area contributed by atoms with Crippen LogP contribution < -0.4 is 0 Å². The first kappa shape index (κ1) is 10.2. The van der Waals surface area contributed by atoms with Gasteiger partial charge in [-0.2, -0.15) is 0 Å². The van der Waals surface area contributed by atoms with E-state index in [1.54, 1.807) is 18.0 Å². The Bertz CT molecular complexity index is 415. The number of aromatic nitrogens is 1. The number of allylic oxidation sites excluding steroid dienone is 3. The number of rotatable bonds is 2. The molecule has 2 rings (SSSR count). The molecule has 0 saturated heterocycles. The molecule has 0 saturated carbocycles. The number of nitrogens with zero attached hydrogens (tertiary/aromatic N) is 1. The van der Waals surface area contributed by atoms with Gasteiger partial charge in [0.25, 0.3) is 0 Å². The zero-order valence-electron chi connectivity index (χ0n) is 8.68. The minimum absolute atomic E-state index is 1.07. The van der Waals surface area contributed by atoms with Crippen LogP contribution in [0.25, 0.3) is 6.08 Å². The van der Waals surface area contributed by atoms with Crippen LogP contribution in [0.15, 0.2) is 52.6 Å². The summed E-state index contributed by atoms with van der Waals surface area (Å²) < 4.78 is 0. The molecule has 1 aliphatic heterocycles. The highest BCUT2D eigenvalue weighted by Crippen LogP contribution is 2.29. The Labute approximate surface area is 94.6 Å². The Morgan fingerprint density at radius 3 is 3.07 bits per heavy atom. The highest BCUT2D eigenvalue weighted by molar-refractivity contribution is 8.06. The molecule has 0 aliphatic carbocycles. The van der Waals surface area contributed by atoms with E-state index in [0.29, 0.717) is 0 Å². The van der Waals surface area contributed by atoms with E-state index in [2.05, 4.69) is 41.6 Å². The summed E-state index contributed by atoms with van der Waals surface area (Å²) in [4.78, 5) is 5.43. The van der Waals surface area contributed by atoms with Gasteiger partial charge >= 0.3 is 0 Å². The Morgan fingerprint density at radius 2 is 2.33 bits per heavy atom. The van der Waals surface area contributed by atoms with E-state index >= 15 is 0 Å². The van der Waals surface area contributed by atoms with E-state index in [4.69, 9.17) is 0 Å². The van der Waals surface area contributed by atoms with Crippen LogP contribution in [0.1, 0.15) is 18.9 Å². The maximum absolute atomic E-state index is 4.08. The van der Waals surface area contributed by atoms with Gasteiger partial charge in [-0.1, -0.05) is 35.6 Å². The first-order chi connectivity index (χ1) is 7.36. The first-order valence-corrected chi connectivity index (χ1v) is 5.84. The van der Waals surface area contributed by atoms with E-state index < -0.39 is 0 Å². The molecule has 76 valence electrons. The molecule has 2 heteroatoms. The van der Waals surface area contributed by atoms with Gasteiger partial charge in [0.2, 0.25) is 0 Å². The quantitative estimate of drug-likeness (QED) is 0.739. The Kier molecular flexibility index (Phi) is 3.41. The zero-order chi connectivity index (χ0) is 10.5. The van der Waals surface area contributed by atoms with E-state index in [1.807, 2.05) is 12.3 Å². The standard InChI is InChI=1S/C13H13NS/c1-11-4-3-9-15-13(11)7-6-12-5-2-8-14-10-12/h2-3,5-10H,4H2,1H3/b7-6+. The summed E-state index contributed by atoms with van der Waals surface area (Å²) in [6.07, 6.45) is 11.2. The summed E-state index contributed by atoms with van der Waals surface area (Å²) in [5.41, 5.74) is 2.58. The second kappa shape index (κ2) is 4.99. The van der Waals surface area contributed by atoms with Crippen LogP contribution in [0.2, 0.25) is 0 Å². The van der Waals surface area contributed by atoms with Crippen molar-refractivity contribution in [2.24, 2.45) is 0 Å². The van der Waals surface area contributed by atoms with Gasteiger partial charge in [0.05, 0.1) is 0 Å². The molecule has 0 aromatic carbocycles. The fourth-order valence-corrected chi connectivity index (χ4v) is 2.15. The van der Waals surface area contributed by atoms with E-state index in [1.165, 1.54) is 10.5 Å². The van der Waals surface area contributed by atoms with E-state index in [9.17, 15) is 0 Å². The zero-order valence-corrected chi connectivity index (χ0v) is 9.50. The van der Waals surface area contributed by atoms with Crippen molar-refractivity contribution in [2.75, 3.05) is 0 Å². The highest BCUT2D eigenvalue weighted by atomic mass is 32.2. The molecule has 0 fully saturated rings. The van der Waals surface area contributed by atoms with Gasteiger partial charge < -0.3 is 0 Å². The summed E-state index contributed by atoms with van der Waals surface area (Å²) in [6.45, 7) is 2.18. The molecule has 0 atom stereocenters. The molecule has 0 spiro atoms. The topological polar surface area (TPSA) is 12.9 Å². The fraction of sp³-hybridized carbons (Fsp3) is 0.154. The Morgan fingerprint density at radius 1 is 1.40 bits per heavy atom. The summed E-state index contributed by atoms with van der Waals surface area (Å²) in [6, 6.07) is 4.01. The summed E-state index contributed by atoms with van der Waals surface area (Å²) in [7, 11) is 0. The number of hydrogen-bond donors (Lipinski definition) is 0. The molecule has 0 radical (unpaired) electrons. The molecule has 1 aromatic heterocycles. The third-order valence-electron chi connectivity index (χ3n) is 2.25. The maximum atomic E-state index is 4.08. The van der Waals surface area contributed by atoms with Gasteiger partial charge in [0.1, 0.15) is 0 Å². The predicted molar refractivity (Wildman–Crippen MR) is 67.3 cm³/mol. The van der Waals surface area contributed by atoms with Crippen molar-refractivity contribution in [2.45, 2.75) is 13.3 Å². The second-order valence-corrected chi connectivity index (χ2v) is 4.41. The normalized spacial score (nSPS) is 16.3. The third-order valence-corrected chi connectivity index (χ3v) is 3.31. The Balaban J connectivity index is 2.12. The van der Waals surface area contributed by atoms with Gasteiger partial charge in [-0.3, -0.25) is 4.98 Å². The predicted octanol–water partition coefficient (Wildman–Crippen LogP) is 4.02. The maximum Gasteiger partial charge on any atom is 0.0340 e. The van der Waals surface area contributed by atoms with Crippen molar-refractivity contribution in [1.29, 1.82) is 0 Å². The van der Waals surface area contributed by atoms with Crippen molar-refractivity contribution < 1.29 is 0 Å². The lowest BCUT2D eigenvalue weighted by Gasteiger charge is -2.08. The Hall–Kier alpha value is -1.28. The molecule has 2 heterocycles. The average Bonchev–Trinajstić information content (AvgIpc) is 2.29. The summed E-state index contributed by atoms with van der Waals surface area (Å²) in [5, 5.41) is 2.15. The average molecular weight is 215 g/mol. The largest absolute Gasteiger partial charge is 0.264 e. The smallest absolute Gasteiger partial charge is 0.0340 e. The van der Waals surface area contributed by atoms with E-state index in [0.717, 1.165) is 12.0 Å². The summed E-state index contributed by atoms with van der Waals surface area (Å²) in [5.74, 6) is 0. The highest BCUT2D eigenvalue weighted by Gasteiger charge is 2.01. The number of pyridine rings is 1. The molecule has 0 N–H and O–H groups in total. The van der Waals surface area contributed by atoms with Crippen LogP contribution in [0.5, 0.6) is 0 Å². The van der Waals surface area contributed by atoms with Gasteiger partial charge in [-0.05, 0) is 36.5 Å². The van der Waals surface area contributed by atoms with Crippen molar-refractivity contribution in [3.8, 4) is 0 Å². The van der Waals surface area contributed by atoms with Crippen molar-refractivity contribution >= 4 is 17.8 Å². The molecule has 0 bridgehead atoms. The van der Waals surface area contributed by atoms with Crippen molar-refractivity contribution in [3.63, 3.8) is 0 Å². The van der Waals surface area contributed by atoms with Crippen LogP contribution in [-0.2, 0) is 0 Å². The summed E-state index contributed by atoms with van der Waals surface area (Å²) >= 11 is 1.78. The van der Waals surface area contributed by atoms with E-state index in [-0.39, 0.29) is 0 Å². The lowest BCUT2D eigenvalue weighted by Crippen LogP contribution is -1.83. The SMILES string of the molecule is CC1=C(/C=C/c2cccnc2)SC=CC1.